The predicted octanol–water partition coefficient (Wildman–Crippen LogP) is 1.96. The third-order valence-electron chi connectivity index (χ3n) is 3.05. The van der Waals surface area contributed by atoms with Crippen LogP contribution in [-0.4, -0.2) is 23.4 Å². The highest BCUT2D eigenvalue weighted by Gasteiger charge is 2.31. The first-order valence-corrected chi connectivity index (χ1v) is 5.23. The topological polar surface area (TPSA) is 20.3 Å². The summed E-state index contributed by atoms with van der Waals surface area (Å²) in [5, 5.41) is 0. The van der Waals surface area contributed by atoms with Crippen molar-refractivity contribution in [1.29, 1.82) is 0 Å². The molecule has 1 amide bonds. The predicted molar refractivity (Wildman–Crippen MR) is 52.3 cm³/mol. The number of hydrogen-bond donors (Lipinski definition) is 0. The Morgan fingerprint density at radius 1 is 1.46 bits per heavy atom. The van der Waals surface area contributed by atoms with E-state index in [0.717, 1.165) is 25.8 Å². The summed E-state index contributed by atoms with van der Waals surface area (Å²) in [6.07, 6.45) is 7.48. The zero-order chi connectivity index (χ0) is 9.26. The Morgan fingerprint density at radius 2 is 2.23 bits per heavy atom. The summed E-state index contributed by atoms with van der Waals surface area (Å²) in [6.45, 7) is 4.72. The molecule has 1 aliphatic heterocycles. The molecule has 0 aromatic carbocycles. The summed E-state index contributed by atoms with van der Waals surface area (Å²) in [4.78, 5) is 13.7. The van der Waals surface area contributed by atoms with Crippen molar-refractivity contribution in [2.45, 2.75) is 38.1 Å². The van der Waals surface area contributed by atoms with Crippen LogP contribution in [0.5, 0.6) is 0 Å². The Kier molecular flexibility index (Phi) is 2.38. The van der Waals surface area contributed by atoms with Gasteiger partial charge in [0, 0.05) is 19.0 Å². The molecule has 0 radical (unpaired) electrons. The Balaban J connectivity index is 1.89. The molecule has 2 fully saturated rings. The van der Waals surface area contributed by atoms with Gasteiger partial charge in [0.05, 0.1) is 0 Å². The van der Waals surface area contributed by atoms with Gasteiger partial charge in [0.25, 0.3) is 0 Å². The van der Waals surface area contributed by atoms with Gasteiger partial charge in [-0.25, -0.2) is 0 Å². The molecule has 2 nitrogen and oxygen atoms in total. The van der Waals surface area contributed by atoms with Crippen molar-refractivity contribution in [2.24, 2.45) is 5.92 Å². The Hall–Kier alpha value is -0.790. The van der Waals surface area contributed by atoms with E-state index < -0.39 is 0 Å². The molecule has 1 saturated carbocycles. The lowest BCUT2D eigenvalue weighted by Gasteiger charge is -2.21. The Labute approximate surface area is 79.6 Å². The molecule has 0 aromatic heterocycles. The van der Waals surface area contributed by atoms with Crippen LogP contribution in [0.1, 0.15) is 32.1 Å². The maximum atomic E-state index is 11.7. The third kappa shape index (κ3) is 1.93. The molecule has 1 unspecified atom stereocenters. The third-order valence-corrected chi connectivity index (χ3v) is 3.05. The van der Waals surface area contributed by atoms with Crippen LogP contribution in [0.4, 0.5) is 0 Å². The van der Waals surface area contributed by atoms with Crippen molar-refractivity contribution >= 4 is 5.91 Å². The second-order valence-corrected chi connectivity index (χ2v) is 4.18. The van der Waals surface area contributed by atoms with Gasteiger partial charge >= 0.3 is 0 Å². The van der Waals surface area contributed by atoms with Gasteiger partial charge in [-0.1, -0.05) is 6.08 Å². The number of carbonyl (C=O) groups excluding carboxylic acids is 1. The van der Waals surface area contributed by atoms with E-state index >= 15 is 0 Å². The summed E-state index contributed by atoms with van der Waals surface area (Å²) in [7, 11) is 0. The molecule has 13 heavy (non-hydrogen) atoms. The van der Waals surface area contributed by atoms with Crippen molar-refractivity contribution in [3.05, 3.63) is 12.7 Å². The van der Waals surface area contributed by atoms with Gasteiger partial charge in [-0.05, 0) is 31.6 Å². The van der Waals surface area contributed by atoms with E-state index in [-0.39, 0.29) is 0 Å². The molecule has 2 aliphatic rings. The first kappa shape index (κ1) is 8.79. The molecule has 1 aliphatic carbocycles. The molecule has 1 saturated heterocycles. The van der Waals surface area contributed by atoms with Crippen LogP contribution in [0.25, 0.3) is 0 Å². The average molecular weight is 179 g/mol. The minimum Gasteiger partial charge on any atom is -0.336 e. The molecule has 1 atom stereocenters. The van der Waals surface area contributed by atoms with Crippen LogP contribution in [0.3, 0.4) is 0 Å². The Morgan fingerprint density at radius 3 is 2.85 bits per heavy atom. The van der Waals surface area contributed by atoms with E-state index in [0.29, 0.717) is 17.9 Å². The maximum absolute atomic E-state index is 11.7. The maximum Gasteiger partial charge on any atom is 0.223 e. The molecule has 0 aromatic rings. The van der Waals surface area contributed by atoms with Crippen molar-refractivity contribution < 1.29 is 4.79 Å². The van der Waals surface area contributed by atoms with Gasteiger partial charge in [0.2, 0.25) is 5.91 Å². The first-order valence-electron chi connectivity index (χ1n) is 5.23. The van der Waals surface area contributed by atoms with Crippen LogP contribution in [-0.2, 0) is 4.79 Å². The molecule has 1 heterocycles. The molecule has 2 heteroatoms. The van der Waals surface area contributed by atoms with E-state index in [2.05, 4.69) is 6.58 Å². The van der Waals surface area contributed by atoms with E-state index in [9.17, 15) is 4.79 Å². The summed E-state index contributed by atoms with van der Waals surface area (Å²) in [6, 6.07) is 0.325. The second-order valence-electron chi connectivity index (χ2n) is 4.18. The normalized spacial score (nSPS) is 27.7. The fourth-order valence-electron chi connectivity index (χ4n) is 2.03. The fraction of sp³-hybridized carbons (Fsp3) is 0.727. The number of nitrogens with zero attached hydrogens (tertiary/aromatic N) is 1. The van der Waals surface area contributed by atoms with Crippen molar-refractivity contribution in [3.8, 4) is 0 Å². The van der Waals surface area contributed by atoms with Crippen LogP contribution in [0.2, 0.25) is 0 Å². The quantitative estimate of drug-likeness (QED) is 0.606. The number of hydrogen-bond acceptors (Lipinski definition) is 1. The van der Waals surface area contributed by atoms with Gasteiger partial charge < -0.3 is 4.90 Å². The smallest absolute Gasteiger partial charge is 0.223 e. The molecule has 0 N–H and O–H groups in total. The lowest BCUT2D eigenvalue weighted by atomic mass is 10.2. The molecule has 0 bridgehead atoms. The summed E-state index contributed by atoms with van der Waals surface area (Å²) >= 11 is 0. The summed E-state index contributed by atoms with van der Waals surface area (Å²) < 4.78 is 0. The number of amides is 1. The first-order chi connectivity index (χ1) is 6.31. The highest BCUT2D eigenvalue weighted by Crippen LogP contribution is 2.33. The zero-order valence-electron chi connectivity index (χ0n) is 8.04. The second kappa shape index (κ2) is 3.52. The number of carbonyl (C=O) groups is 1. The minimum absolute atomic E-state index is 0.325. The summed E-state index contributed by atoms with van der Waals surface area (Å²) in [5.74, 6) is 1.06. The van der Waals surface area contributed by atoms with Crippen molar-refractivity contribution in [1.82, 2.24) is 4.90 Å². The fourth-order valence-corrected chi connectivity index (χ4v) is 2.03. The van der Waals surface area contributed by atoms with E-state index in [1.807, 2.05) is 11.0 Å². The Bertz CT molecular complexity index is 220. The van der Waals surface area contributed by atoms with E-state index in [4.69, 9.17) is 0 Å². The van der Waals surface area contributed by atoms with E-state index in [1.54, 1.807) is 0 Å². The van der Waals surface area contributed by atoms with Crippen LogP contribution in [0, 0.1) is 5.92 Å². The standard InChI is InChI=1S/C11H17NO/c1-2-10-4-3-7-12(10)11(13)8-9-5-6-9/h2,9-10H,1,3-8H2. The molecular formula is C11H17NO. The monoisotopic (exact) mass is 179 g/mol. The SMILES string of the molecule is C=CC1CCCN1C(=O)CC1CC1. The van der Waals surface area contributed by atoms with Gasteiger partial charge in [-0.15, -0.1) is 6.58 Å². The van der Waals surface area contributed by atoms with Gasteiger partial charge in [-0.3, -0.25) is 4.79 Å². The lowest BCUT2D eigenvalue weighted by Crippen LogP contribution is -2.34. The number of rotatable bonds is 3. The zero-order valence-corrected chi connectivity index (χ0v) is 8.04. The van der Waals surface area contributed by atoms with Gasteiger partial charge in [-0.2, -0.15) is 0 Å². The van der Waals surface area contributed by atoms with Crippen LogP contribution in [0.15, 0.2) is 12.7 Å². The lowest BCUT2D eigenvalue weighted by molar-refractivity contribution is -0.131. The molecular weight excluding hydrogens is 162 g/mol. The van der Waals surface area contributed by atoms with Gasteiger partial charge in [0.1, 0.15) is 0 Å². The largest absolute Gasteiger partial charge is 0.336 e. The highest BCUT2D eigenvalue weighted by atomic mass is 16.2. The highest BCUT2D eigenvalue weighted by molar-refractivity contribution is 5.77. The average Bonchev–Trinajstić information content (AvgIpc) is 2.82. The molecule has 72 valence electrons. The molecule has 0 spiro atoms. The van der Waals surface area contributed by atoms with Gasteiger partial charge in [0.15, 0.2) is 0 Å². The molecule has 2 rings (SSSR count). The van der Waals surface area contributed by atoms with E-state index in [1.165, 1.54) is 12.8 Å². The minimum atomic E-state index is 0.325. The van der Waals surface area contributed by atoms with Crippen molar-refractivity contribution in [3.63, 3.8) is 0 Å². The number of likely N-dealkylation sites (tertiary alicyclic amines) is 1. The van der Waals surface area contributed by atoms with Crippen molar-refractivity contribution in [2.75, 3.05) is 6.54 Å². The van der Waals surface area contributed by atoms with Crippen LogP contribution >= 0.6 is 0 Å². The van der Waals surface area contributed by atoms with Crippen LogP contribution < -0.4 is 0 Å². The summed E-state index contributed by atoms with van der Waals surface area (Å²) in [5.41, 5.74) is 0.